The van der Waals surface area contributed by atoms with Crippen molar-refractivity contribution in [3.63, 3.8) is 0 Å². The van der Waals surface area contributed by atoms with Gasteiger partial charge in [-0.15, -0.1) is 0 Å². The van der Waals surface area contributed by atoms with Crippen LogP contribution in [0.4, 0.5) is 9.59 Å². The second kappa shape index (κ2) is 17.7. The predicted molar refractivity (Wildman–Crippen MR) is 235 cm³/mol. The van der Waals surface area contributed by atoms with Crippen molar-refractivity contribution in [2.45, 2.75) is 63.1 Å². The van der Waals surface area contributed by atoms with Crippen LogP contribution in [0, 0.1) is 5.92 Å². The third-order valence-corrected chi connectivity index (χ3v) is 12.7. The van der Waals surface area contributed by atoms with Crippen molar-refractivity contribution in [2.24, 2.45) is 5.92 Å². The molecule has 0 saturated carbocycles. The summed E-state index contributed by atoms with van der Waals surface area (Å²) in [6.45, 7) is 3.42. The van der Waals surface area contributed by atoms with Gasteiger partial charge in [0.1, 0.15) is 36.1 Å². The third-order valence-electron chi connectivity index (χ3n) is 12.7. The maximum Gasteiger partial charge on any atom is 0.407 e. The molecule has 2 fully saturated rings. The molecule has 4 aromatic carbocycles. The number of hydrogen-bond acceptors (Lipinski definition) is 10. The minimum absolute atomic E-state index is 0.0244. The molecule has 5 heterocycles. The summed E-state index contributed by atoms with van der Waals surface area (Å²) in [6, 6.07) is 20.5. The number of aromatic nitrogens is 4. The van der Waals surface area contributed by atoms with Gasteiger partial charge in [0.2, 0.25) is 5.91 Å². The number of carboxylic acid groups (broad SMARTS) is 1. The number of nitrogens with zero attached hydrogens (tertiary/aromatic N) is 4. The molecular formula is C47H50N8O9. The van der Waals surface area contributed by atoms with Gasteiger partial charge in [-0.25, -0.2) is 19.6 Å². The van der Waals surface area contributed by atoms with E-state index in [1.807, 2.05) is 30.3 Å². The van der Waals surface area contributed by atoms with Crippen LogP contribution in [0.1, 0.15) is 67.1 Å². The lowest BCUT2D eigenvalue weighted by molar-refractivity contribution is -0.137. The number of nitrogens with one attached hydrogen (secondary N) is 4. The summed E-state index contributed by atoms with van der Waals surface area (Å²) >= 11 is 0. The van der Waals surface area contributed by atoms with Crippen LogP contribution in [0.25, 0.3) is 44.2 Å². The standard InChI is InChI=1S/C47H50N8O9/c1-25(62-3)39(53-47(60)63-4)44(56)54-16-8-11-36(54)42-48-21-35(50-42)29-12-14-31-30(18-29)24-64-38-20-32-28(19-33(31)38)13-15-34-41(32)51-43(49-34)37-17-26(23-61-2)22-55(37)45(57)40(52-46(58)59)27-9-6-5-7-10-27/h5-7,9-10,12-15,18-21,25-26,36-37,39-40,52H,8,11,16-17,22-24H2,1-4H3,(H,48,50)(H,49,51)(H,53,60)(H,58,59)/t25?,26-,36-,37-,39?,40?/m0/s1. The van der Waals surface area contributed by atoms with E-state index in [9.17, 15) is 24.3 Å². The number of carbonyl (C=O) groups is 4. The lowest BCUT2D eigenvalue weighted by Crippen LogP contribution is -2.54. The van der Waals surface area contributed by atoms with Gasteiger partial charge in [-0.1, -0.05) is 48.5 Å². The van der Waals surface area contributed by atoms with Crippen molar-refractivity contribution in [2.75, 3.05) is 41.0 Å². The fraction of sp³-hybridized carbons (Fsp3) is 0.362. The number of carbonyl (C=O) groups excluding carboxylic acids is 3. The Kier molecular flexibility index (Phi) is 11.7. The molecule has 2 aromatic heterocycles. The van der Waals surface area contributed by atoms with E-state index < -0.39 is 36.4 Å². The molecular weight excluding hydrogens is 821 g/mol. The molecule has 4 amide bonds. The summed E-state index contributed by atoms with van der Waals surface area (Å²) in [5.41, 5.74) is 6.84. The number of H-pyrrole nitrogens is 2. The van der Waals surface area contributed by atoms with Crippen molar-refractivity contribution in [3.8, 4) is 28.1 Å². The van der Waals surface area contributed by atoms with Crippen molar-refractivity contribution in [1.82, 2.24) is 40.4 Å². The number of imidazole rings is 2. The highest BCUT2D eigenvalue weighted by molar-refractivity contribution is 6.07. The van der Waals surface area contributed by atoms with Crippen LogP contribution in [0.15, 0.2) is 79.0 Å². The first-order chi connectivity index (χ1) is 31.0. The lowest BCUT2D eigenvalue weighted by Gasteiger charge is -2.30. The first kappa shape index (κ1) is 42.3. The van der Waals surface area contributed by atoms with Crippen LogP contribution in [0.5, 0.6) is 5.75 Å². The highest BCUT2D eigenvalue weighted by Gasteiger charge is 2.42. The van der Waals surface area contributed by atoms with Gasteiger partial charge < -0.3 is 54.5 Å². The van der Waals surface area contributed by atoms with E-state index in [0.29, 0.717) is 56.4 Å². The molecule has 3 unspecified atom stereocenters. The number of benzene rings is 4. The molecule has 3 aliphatic heterocycles. The van der Waals surface area contributed by atoms with Crippen molar-refractivity contribution in [1.29, 1.82) is 0 Å². The Bertz CT molecular complexity index is 2740. The average Bonchev–Trinajstić information content (AvgIpc) is 4.15. The number of alkyl carbamates (subject to hydrolysis) is 1. The number of fused-ring (bicyclic) bond motifs is 6. The van der Waals surface area contributed by atoms with Crippen LogP contribution in [-0.4, -0.2) is 112 Å². The Balaban J connectivity index is 0.974. The van der Waals surface area contributed by atoms with Gasteiger partial charge in [-0.2, -0.15) is 0 Å². The predicted octanol–water partition coefficient (Wildman–Crippen LogP) is 6.63. The summed E-state index contributed by atoms with van der Waals surface area (Å²) < 4.78 is 22.1. The molecule has 0 spiro atoms. The fourth-order valence-electron chi connectivity index (χ4n) is 9.48. The number of likely N-dealkylation sites (tertiary alicyclic amines) is 2. The number of methoxy groups -OCH3 is 3. The molecule has 0 radical (unpaired) electrons. The zero-order valence-electron chi connectivity index (χ0n) is 35.9. The van der Waals surface area contributed by atoms with Crippen LogP contribution in [-0.2, 0) is 30.4 Å². The van der Waals surface area contributed by atoms with Crippen LogP contribution >= 0.6 is 0 Å². The minimum Gasteiger partial charge on any atom is -0.488 e. The second-order valence-corrected chi connectivity index (χ2v) is 16.6. The van der Waals surface area contributed by atoms with Gasteiger partial charge in [-0.05, 0) is 78.1 Å². The molecule has 0 aliphatic carbocycles. The Morgan fingerprint density at radius 2 is 1.75 bits per heavy atom. The molecule has 332 valence electrons. The Hall–Kier alpha value is -6.98. The molecule has 17 nitrogen and oxygen atoms in total. The quantitative estimate of drug-likeness (QED) is 0.0880. The van der Waals surface area contributed by atoms with Gasteiger partial charge in [0.05, 0.1) is 54.8 Å². The topological polar surface area (TPSA) is 213 Å². The Labute approximate surface area is 368 Å². The Morgan fingerprint density at radius 3 is 2.52 bits per heavy atom. The van der Waals surface area contributed by atoms with E-state index in [1.165, 1.54) is 14.2 Å². The van der Waals surface area contributed by atoms with E-state index in [4.69, 9.17) is 28.9 Å². The zero-order valence-corrected chi connectivity index (χ0v) is 35.9. The highest BCUT2D eigenvalue weighted by Crippen LogP contribution is 2.44. The molecule has 3 aliphatic rings. The molecule has 6 aromatic rings. The van der Waals surface area contributed by atoms with Gasteiger partial charge in [0.15, 0.2) is 0 Å². The van der Waals surface area contributed by atoms with Crippen molar-refractivity contribution >= 4 is 45.8 Å². The normalized spacial score (nSPS) is 19.4. The molecule has 2 saturated heterocycles. The van der Waals surface area contributed by atoms with E-state index in [2.05, 4.69) is 38.8 Å². The number of rotatable bonds is 12. The van der Waals surface area contributed by atoms with E-state index in [-0.39, 0.29) is 23.8 Å². The van der Waals surface area contributed by atoms with Crippen LogP contribution in [0.3, 0.4) is 0 Å². The lowest BCUT2D eigenvalue weighted by atomic mass is 9.92. The first-order valence-electron chi connectivity index (χ1n) is 21.3. The van der Waals surface area contributed by atoms with Crippen molar-refractivity contribution < 1.29 is 43.2 Å². The summed E-state index contributed by atoms with van der Waals surface area (Å²) in [5.74, 6) is 1.41. The molecule has 64 heavy (non-hydrogen) atoms. The Morgan fingerprint density at radius 1 is 0.922 bits per heavy atom. The molecule has 5 N–H and O–H groups in total. The summed E-state index contributed by atoms with van der Waals surface area (Å²) in [7, 11) is 4.38. The van der Waals surface area contributed by atoms with E-state index in [0.717, 1.165) is 61.9 Å². The third kappa shape index (κ3) is 7.96. The molecule has 9 rings (SSSR count). The molecule has 6 atom stereocenters. The maximum absolute atomic E-state index is 14.2. The van der Waals surface area contributed by atoms with E-state index in [1.54, 1.807) is 54.3 Å². The average molecular weight is 871 g/mol. The summed E-state index contributed by atoms with van der Waals surface area (Å²) in [4.78, 5) is 72.2. The van der Waals surface area contributed by atoms with Gasteiger partial charge in [-0.3, -0.25) is 9.59 Å². The van der Waals surface area contributed by atoms with Crippen molar-refractivity contribution in [3.05, 3.63) is 102 Å². The van der Waals surface area contributed by atoms with Gasteiger partial charge >= 0.3 is 12.2 Å². The number of aromatic amines is 2. The van der Waals surface area contributed by atoms with Gasteiger partial charge in [0, 0.05) is 44.2 Å². The summed E-state index contributed by atoms with van der Waals surface area (Å²) in [6.07, 6.45) is 1.30. The largest absolute Gasteiger partial charge is 0.488 e. The second-order valence-electron chi connectivity index (χ2n) is 16.6. The monoisotopic (exact) mass is 870 g/mol. The maximum atomic E-state index is 14.2. The number of ether oxygens (including phenoxy) is 4. The van der Waals surface area contributed by atoms with Crippen LogP contribution < -0.4 is 15.4 Å². The molecule has 0 bridgehead atoms. The fourth-order valence-corrected chi connectivity index (χ4v) is 9.48. The van der Waals surface area contributed by atoms with Gasteiger partial charge in [0.25, 0.3) is 5.91 Å². The number of amides is 4. The first-order valence-corrected chi connectivity index (χ1v) is 21.3. The summed E-state index contributed by atoms with van der Waals surface area (Å²) in [5, 5.41) is 16.6. The zero-order chi connectivity index (χ0) is 44.6. The van der Waals surface area contributed by atoms with Crippen LogP contribution in [0.2, 0.25) is 0 Å². The molecule has 17 heteroatoms. The smallest absolute Gasteiger partial charge is 0.407 e. The number of hydrogen-bond donors (Lipinski definition) is 5. The van der Waals surface area contributed by atoms with E-state index >= 15 is 0 Å². The SMILES string of the molecule is COC[C@H]1C[C@@H](c2nc3c(ccc4cc5c(cc43)OCc3cc(-c4cnc([C@@H]6CCCN6C(=O)C(NC(=O)OC)C(C)OC)[nH]4)ccc3-5)[nH]2)N(C(=O)C(NC(=O)O)c2ccccc2)C1. The highest BCUT2D eigenvalue weighted by atomic mass is 16.5. The minimum atomic E-state index is -1.29.